The van der Waals surface area contributed by atoms with Crippen LogP contribution in [0.15, 0.2) is 21.9 Å². The van der Waals surface area contributed by atoms with E-state index in [1.807, 2.05) is 17.5 Å². The predicted octanol–water partition coefficient (Wildman–Crippen LogP) is 4.62. The predicted molar refractivity (Wildman–Crippen MR) is 109 cm³/mol. The van der Waals surface area contributed by atoms with Gasteiger partial charge in [-0.1, -0.05) is 6.07 Å². The molecule has 6 nitrogen and oxygen atoms in total. The third-order valence-electron chi connectivity index (χ3n) is 4.77. The van der Waals surface area contributed by atoms with Crippen molar-refractivity contribution < 1.29 is 18.7 Å². The van der Waals surface area contributed by atoms with E-state index in [1.54, 1.807) is 6.92 Å². The smallest absolute Gasteiger partial charge is 0.341 e. The Hall–Kier alpha value is -2.45. The number of anilines is 1. The van der Waals surface area contributed by atoms with E-state index < -0.39 is 5.97 Å². The number of nitrogens with one attached hydrogen (secondary N) is 1. The fourth-order valence-corrected chi connectivity index (χ4v) is 5.34. The number of aromatic nitrogens is 1. The number of carbonyl (C=O) groups excluding carboxylic acids is 2. The zero-order valence-electron chi connectivity index (χ0n) is 15.7. The summed E-state index contributed by atoms with van der Waals surface area (Å²) in [6.45, 7) is 1.80. The summed E-state index contributed by atoms with van der Waals surface area (Å²) in [6, 6.07) is 3.86. The number of nitrogens with zero attached hydrogens (tertiary/aromatic N) is 1. The number of aryl methyl sites for hydroxylation is 2. The summed E-state index contributed by atoms with van der Waals surface area (Å²) < 4.78 is 10.7. The molecule has 3 heterocycles. The van der Waals surface area contributed by atoms with Gasteiger partial charge in [0.1, 0.15) is 10.8 Å². The van der Waals surface area contributed by atoms with Gasteiger partial charge in [0.15, 0.2) is 0 Å². The summed E-state index contributed by atoms with van der Waals surface area (Å²) >= 11 is 3.01. The van der Waals surface area contributed by atoms with Gasteiger partial charge in [-0.25, -0.2) is 9.78 Å². The summed E-state index contributed by atoms with van der Waals surface area (Å²) in [5.74, 6) is 0.527. The number of ether oxygens (including phenoxy) is 1. The summed E-state index contributed by atoms with van der Waals surface area (Å²) in [6.07, 6.45) is 4.02. The molecule has 3 aromatic heterocycles. The second-order valence-electron chi connectivity index (χ2n) is 6.63. The first-order valence-electron chi connectivity index (χ1n) is 9.09. The summed E-state index contributed by atoms with van der Waals surface area (Å²) in [5, 5.41) is 5.43. The molecule has 1 N–H and O–H groups in total. The third-order valence-corrected chi connectivity index (χ3v) is 6.83. The van der Waals surface area contributed by atoms with Crippen molar-refractivity contribution in [2.75, 3.05) is 12.4 Å². The Labute approximate surface area is 170 Å². The molecule has 0 fully saturated rings. The molecule has 0 aliphatic heterocycles. The lowest BCUT2D eigenvalue weighted by atomic mass is 9.95. The van der Waals surface area contributed by atoms with Crippen molar-refractivity contribution in [3.8, 4) is 10.8 Å². The van der Waals surface area contributed by atoms with Crippen LogP contribution in [0.3, 0.4) is 0 Å². The monoisotopic (exact) mass is 416 g/mol. The van der Waals surface area contributed by atoms with Crippen LogP contribution in [-0.4, -0.2) is 24.0 Å². The van der Waals surface area contributed by atoms with E-state index in [1.165, 1.54) is 34.7 Å². The molecule has 0 unspecified atom stereocenters. The number of carbonyl (C=O) groups is 2. The molecule has 0 radical (unpaired) electrons. The number of rotatable bonds is 5. The molecule has 1 amide bonds. The molecule has 4 rings (SSSR count). The van der Waals surface area contributed by atoms with Gasteiger partial charge in [-0.15, -0.1) is 22.7 Å². The van der Waals surface area contributed by atoms with Crippen molar-refractivity contribution in [2.24, 2.45) is 0 Å². The van der Waals surface area contributed by atoms with Crippen LogP contribution in [0, 0.1) is 6.92 Å². The molecule has 1 aliphatic rings. The van der Waals surface area contributed by atoms with E-state index in [0.717, 1.165) is 36.1 Å². The van der Waals surface area contributed by atoms with Gasteiger partial charge in [0, 0.05) is 4.88 Å². The van der Waals surface area contributed by atoms with Crippen molar-refractivity contribution in [3.63, 3.8) is 0 Å². The zero-order valence-corrected chi connectivity index (χ0v) is 17.3. The topological polar surface area (TPSA) is 81.4 Å². The Morgan fingerprint density at radius 3 is 2.89 bits per heavy atom. The molecule has 0 aromatic carbocycles. The maximum atomic E-state index is 12.7. The van der Waals surface area contributed by atoms with E-state index in [2.05, 4.69) is 10.3 Å². The molecule has 0 saturated carbocycles. The number of esters is 1. The van der Waals surface area contributed by atoms with Crippen LogP contribution in [0.25, 0.3) is 10.8 Å². The van der Waals surface area contributed by atoms with Crippen LogP contribution in [0.2, 0.25) is 0 Å². The molecule has 0 saturated heterocycles. The van der Waals surface area contributed by atoms with E-state index in [0.29, 0.717) is 27.9 Å². The molecular weight excluding hydrogens is 396 g/mol. The van der Waals surface area contributed by atoms with Crippen LogP contribution in [0.1, 0.15) is 45.1 Å². The number of oxazole rings is 1. The third kappa shape index (κ3) is 3.62. The van der Waals surface area contributed by atoms with Gasteiger partial charge >= 0.3 is 5.97 Å². The Kier molecular flexibility index (Phi) is 5.32. The van der Waals surface area contributed by atoms with Gasteiger partial charge in [-0.05, 0) is 49.6 Å². The molecule has 3 aromatic rings. The van der Waals surface area contributed by atoms with Gasteiger partial charge in [-0.2, -0.15) is 0 Å². The van der Waals surface area contributed by atoms with E-state index in [4.69, 9.17) is 9.15 Å². The van der Waals surface area contributed by atoms with Crippen molar-refractivity contribution in [1.82, 2.24) is 4.98 Å². The fraction of sp³-hybridized carbons (Fsp3) is 0.350. The minimum atomic E-state index is -0.396. The molecule has 0 spiro atoms. The van der Waals surface area contributed by atoms with Crippen LogP contribution in [-0.2, 0) is 28.8 Å². The largest absolute Gasteiger partial charge is 0.465 e. The lowest BCUT2D eigenvalue weighted by Gasteiger charge is -2.11. The number of thiophene rings is 2. The highest BCUT2D eigenvalue weighted by molar-refractivity contribution is 7.17. The van der Waals surface area contributed by atoms with Crippen molar-refractivity contribution in [1.29, 1.82) is 0 Å². The van der Waals surface area contributed by atoms with Gasteiger partial charge in [0.05, 0.1) is 29.7 Å². The number of amides is 1. The molecule has 146 valence electrons. The fourth-order valence-electron chi connectivity index (χ4n) is 3.39. The van der Waals surface area contributed by atoms with Gasteiger partial charge < -0.3 is 14.5 Å². The van der Waals surface area contributed by atoms with Crippen LogP contribution < -0.4 is 5.32 Å². The molecule has 8 heteroatoms. The first kappa shape index (κ1) is 18.9. The maximum Gasteiger partial charge on any atom is 0.341 e. The van der Waals surface area contributed by atoms with Crippen molar-refractivity contribution in [3.05, 3.63) is 45.0 Å². The Morgan fingerprint density at radius 1 is 1.32 bits per heavy atom. The summed E-state index contributed by atoms with van der Waals surface area (Å²) in [4.78, 5) is 31.5. The van der Waals surface area contributed by atoms with Crippen molar-refractivity contribution in [2.45, 2.75) is 39.0 Å². The van der Waals surface area contributed by atoms with Gasteiger partial charge in [-0.3, -0.25) is 4.79 Å². The van der Waals surface area contributed by atoms with Gasteiger partial charge in [0.2, 0.25) is 11.8 Å². The number of hydrogen-bond acceptors (Lipinski definition) is 7. The highest BCUT2D eigenvalue weighted by Crippen LogP contribution is 2.38. The molecule has 0 bridgehead atoms. The van der Waals surface area contributed by atoms with E-state index in [9.17, 15) is 9.59 Å². The minimum Gasteiger partial charge on any atom is -0.465 e. The second kappa shape index (κ2) is 7.89. The van der Waals surface area contributed by atoms with Crippen LogP contribution in [0.5, 0.6) is 0 Å². The number of hydrogen-bond donors (Lipinski definition) is 1. The lowest BCUT2D eigenvalue weighted by molar-refractivity contribution is -0.115. The normalized spacial score (nSPS) is 13.2. The number of fused-ring (bicyclic) bond motifs is 1. The number of methoxy groups -OCH3 is 1. The Morgan fingerprint density at radius 2 is 2.14 bits per heavy atom. The average Bonchev–Trinajstić information content (AvgIpc) is 3.40. The first-order chi connectivity index (χ1) is 13.6. The second-order valence-corrected chi connectivity index (χ2v) is 8.68. The maximum absolute atomic E-state index is 12.7. The van der Waals surface area contributed by atoms with Gasteiger partial charge in [0.25, 0.3) is 0 Å². The average molecular weight is 417 g/mol. The minimum absolute atomic E-state index is 0.0872. The van der Waals surface area contributed by atoms with Crippen LogP contribution in [0.4, 0.5) is 5.00 Å². The van der Waals surface area contributed by atoms with Crippen LogP contribution >= 0.6 is 22.7 Å². The quantitative estimate of drug-likeness (QED) is 0.614. The van der Waals surface area contributed by atoms with E-state index >= 15 is 0 Å². The lowest BCUT2D eigenvalue weighted by Crippen LogP contribution is -2.17. The summed E-state index contributed by atoms with van der Waals surface area (Å²) in [5.41, 5.74) is 2.13. The first-order valence-corrected chi connectivity index (χ1v) is 10.8. The Balaban J connectivity index is 1.55. The SMILES string of the molecule is COC(=O)c1c(NC(=O)Cc2nc(-c3cccs3)oc2C)sc2c1CCCC2. The van der Waals surface area contributed by atoms with Crippen molar-refractivity contribution >= 4 is 39.6 Å². The summed E-state index contributed by atoms with van der Waals surface area (Å²) in [7, 11) is 1.37. The highest BCUT2D eigenvalue weighted by Gasteiger charge is 2.27. The molecule has 28 heavy (non-hydrogen) atoms. The standard InChI is InChI=1S/C20H20N2O4S2/c1-11-13(21-18(26-11)15-8-5-9-27-15)10-16(23)22-19-17(20(24)25-2)12-6-3-4-7-14(12)28-19/h5,8-9H,3-4,6-7,10H2,1-2H3,(H,22,23). The molecule has 1 aliphatic carbocycles. The molecular formula is C20H20N2O4S2. The highest BCUT2D eigenvalue weighted by atomic mass is 32.1. The van der Waals surface area contributed by atoms with E-state index in [-0.39, 0.29) is 12.3 Å². The zero-order chi connectivity index (χ0) is 19.7. The Bertz CT molecular complexity index is 1020. The molecule has 0 atom stereocenters.